The molecule has 1 N–H and O–H groups in total. The van der Waals surface area contributed by atoms with Crippen molar-refractivity contribution in [1.29, 1.82) is 0 Å². The van der Waals surface area contributed by atoms with Gasteiger partial charge in [0.25, 0.3) is 0 Å². The van der Waals surface area contributed by atoms with Gasteiger partial charge in [-0.1, -0.05) is 13.8 Å². The topological polar surface area (TPSA) is 57.6 Å². The fraction of sp³-hybridized carbons (Fsp3) is 0.800. The van der Waals surface area contributed by atoms with E-state index in [0.717, 1.165) is 0 Å². The molecule has 0 aromatic rings. The predicted molar refractivity (Wildman–Crippen MR) is 53.8 cm³/mol. The van der Waals surface area contributed by atoms with Crippen molar-refractivity contribution in [2.75, 3.05) is 19.7 Å². The number of hydrogen-bond acceptors (Lipinski definition) is 3. The number of carbonyl (C=O) groups excluding carboxylic acids is 2. The number of ketones is 1. The molecule has 0 atom stereocenters. The van der Waals surface area contributed by atoms with Gasteiger partial charge in [0.1, 0.15) is 5.78 Å². The van der Waals surface area contributed by atoms with E-state index in [1.165, 1.54) is 11.8 Å². The largest absolute Gasteiger partial charge is 0.395 e. The minimum Gasteiger partial charge on any atom is -0.395 e. The minimum atomic E-state index is -0.194. The van der Waals surface area contributed by atoms with Crippen molar-refractivity contribution in [3.63, 3.8) is 0 Å². The lowest BCUT2D eigenvalue weighted by atomic mass is 10.2. The summed E-state index contributed by atoms with van der Waals surface area (Å²) >= 11 is 0. The number of aliphatic hydroxyl groups is 1. The van der Waals surface area contributed by atoms with Crippen molar-refractivity contribution in [3.8, 4) is 0 Å². The molecule has 0 spiro atoms. The van der Waals surface area contributed by atoms with Crippen LogP contribution in [0.15, 0.2) is 0 Å². The summed E-state index contributed by atoms with van der Waals surface area (Å²) in [5.41, 5.74) is 0. The SMILES string of the molecule is CC(=O)CC(=O)N(CCO)CC(C)C. The van der Waals surface area contributed by atoms with Gasteiger partial charge in [-0.25, -0.2) is 0 Å². The second kappa shape index (κ2) is 6.54. The first-order valence-corrected chi connectivity index (χ1v) is 4.85. The fourth-order valence-corrected chi connectivity index (χ4v) is 1.20. The molecule has 0 aromatic heterocycles. The van der Waals surface area contributed by atoms with Crippen molar-refractivity contribution in [1.82, 2.24) is 4.90 Å². The van der Waals surface area contributed by atoms with Crippen LogP contribution in [0, 0.1) is 5.92 Å². The molecule has 0 saturated heterocycles. The maximum atomic E-state index is 11.5. The highest BCUT2D eigenvalue weighted by molar-refractivity contribution is 5.96. The average Bonchev–Trinajstić information content (AvgIpc) is 2.01. The molecule has 14 heavy (non-hydrogen) atoms. The van der Waals surface area contributed by atoms with Crippen molar-refractivity contribution in [2.24, 2.45) is 5.92 Å². The Hall–Kier alpha value is -0.900. The highest BCUT2D eigenvalue weighted by Gasteiger charge is 2.15. The third-order valence-corrected chi connectivity index (χ3v) is 1.71. The van der Waals surface area contributed by atoms with Crippen LogP contribution in [-0.2, 0) is 9.59 Å². The van der Waals surface area contributed by atoms with Gasteiger partial charge in [0.15, 0.2) is 0 Å². The quantitative estimate of drug-likeness (QED) is 0.634. The molecule has 0 aliphatic rings. The van der Waals surface area contributed by atoms with Crippen molar-refractivity contribution < 1.29 is 14.7 Å². The van der Waals surface area contributed by atoms with Gasteiger partial charge in [0, 0.05) is 13.1 Å². The number of nitrogens with zero attached hydrogens (tertiary/aromatic N) is 1. The molecule has 0 bridgehead atoms. The van der Waals surface area contributed by atoms with Crippen LogP contribution in [-0.4, -0.2) is 41.4 Å². The Labute approximate surface area is 84.9 Å². The zero-order chi connectivity index (χ0) is 11.1. The standard InChI is InChI=1S/C10H19NO3/c1-8(2)7-11(4-5-12)10(14)6-9(3)13/h8,12H,4-7H2,1-3H3. The molecule has 0 aliphatic heterocycles. The molecule has 0 heterocycles. The van der Waals surface area contributed by atoms with Crippen LogP contribution in [0.25, 0.3) is 0 Å². The molecule has 0 rings (SSSR count). The van der Waals surface area contributed by atoms with Gasteiger partial charge in [0.2, 0.25) is 5.91 Å². The molecule has 0 saturated carbocycles. The smallest absolute Gasteiger partial charge is 0.230 e. The van der Waals surface area contributed by atoms with Crippen molar-refractivity contribution in [3.05, 3.63) is 0 Å². The summed E-state index contributed by atoms with van der Waals surface area (Å²) in [5.74, 6) is 0.0133. The lowest BCUT2D eigenvalue weighted by molar-refractivity contribution is -0.135. The van der Waals surface area contributed by atoms with Crippen LogP contribution >= 0.6 is 0 Å². The Balaban J connectivity index is 4.17. The van der Waals surface area contributed by atoms with Crippen LogP contribution in [0.4, 0.5) is 0 Å². The summed E-state index contributed by atoms with van der Waals surface area (Å²) in [6, 6.07) is 0. The van der Waals surface area contributed by atoms with E-state index in [1.54, 1.807) is 0 Å². The third-order valence-electron chi connectivity index (χ3n) is 1.71. The monoisotopic (exact) mass is 201 g/mol. The van der Waals surface area contributed by atoms with E-state index in [2.05, 4.69) is 0 Å². The summed E-state index contributed by atoms with van der Waals surface area (Å²) in [6.45, 7) is 6.22. The lowest BCUT2D eigenvalue weighted by Crippen LogP contribution is -2.37. The maximum Gasteiger partial charge on any atom is 0.230 e. The van der Waals surface area contributed by atoms with Gasteiger partial charge >= 0.3 is 0 Å². The molecule has 0 aromatic carbocycles. The van der Waals surface area contributed by atoms with E-state index in [1.807, 2.05) is 13.8 Å². The van der Waals surface area contributed by atoms with Crippen LogP contribution in [0.1, 0.15) is 27.2 Å². The van der Waals surface area contributed by atoms with Crippen LogP contribution in [0.3, 0.4) is 0 Å². The van der Waals surface area contributed by atoms with Gasteiger partial charge in [-0.2, -0.15) is 0 Å². The van der Waals surface area contributed by atoms with Crippen LogP contribution in [0.5, 0.6) is 0 Å². The molecule has 1 amide bonds. The lowest BCUT2D eigenvalue weighted by Gasteiger charge is -2.23. The first-order chi connectivity index (χ1) is 6.47. The average molecular weight is 201 g/mol. The maximum absolute atomic E-state index is 11.5. The van der Waals surface area contributed by atoms with Crippen molar-refractivity contribution in [2.45, 2.75) is 27.2 Å². The summed E-state index contributed by atoms with van der Waals surface area (Å²) in [6.07, 6.45) is -0.0628. The Kier molecular flexibility index (Phi) is 6.12. The molecule has 4 nitrogen and oxygen atoms in total. The Morgan fingerprint density at radius 3 is 2.29 bits per heavy atom. The van der Waals surface area contributed by atoms with E-state index >= 15 is 0 Å². The molecule has 0 radical (unpaired) electrons. The van der Waals surface area contributed by atoms with E-state index in [9.17, 15) is 9.59 Å². The highest BCUT2D eigenvalue weighted by atomic mass is 16.3. The van der Waals surface area contributed by atoms with Gasteiger partial charge in [-0.05, 0) is 12.8 Å². The molecule has 0 unspecified atom stereocenters. The van der Waals surface area contributed by atoms with E-state index < -0.39 is 0 Å². The number of aliphatic hydroxyl groups excluding tert-OH is 1. The van der Waals surface area contributed by atoms with Gasteiger partial charge < -0.3 is 10.0 Å². The number of carbonyl (C=O) groups is 2. The summed E-state index contributed by atoms with van der Waals surface area (Å²) in [5, 5.41) is 8.75. The fourth-order valence-electron chi connectivity index (χ4n) is 1.20. The van der Waals surface area contributed by atoms with Crippen molar-refractivity contribution >= 4 is 11.7 Å². The summed E-state index contributed by atoms with van der Waals surface area (Å²) < 4.78 is 0. The molecular weight excluding hydrogens is 182 g/mol. The summed E-state index contributed by atoms with van der Waals surface area (Å²) in [7, 11) is 0. The molecular formula is C10H19NO3. The predicted octanol–water partition coefficient (Wildman–Crippen LogP) is 0.442. The third kappa shape index (κ3) is 5.70. The second-order valence-corrected chi connectivity index (χ2v) is 3.84. The van der Waals surface area contributed by atoms with Gasteiger partial charge in [0.05, 0.1) is 13.0 Å². The van der Waals surface area contributed by atoms with Crippen LogP contribution < -0.4 is 0 Å². The molecule has 82 valence electrons. The number of hydrogen-bond donors (Lipinski definition) is 1. The first-order valence-electron chi connectivity index (χ1n) is 4.85. The zero-order valence-electron chi connectivity index (χ0n) is 9.12. The highest BCUT2D eigenvalue weighted by Crippen LogP contribution is 2.01. The number of amides is 1. The minimum absolute atomic E-state index is 0.0592. The van der Waals surface area contributed by atoms with E-state index in [4.69, 9.17) is 5.11 Å². The number of Topliss-reactive ketones (excluding diaryl/α,β-unsaturated/α-hetero) is 1. The second-order valence-electron chi connectivity index (χ2n) is 3.84. The molecule has 0 fully saturated rings. The number of rotatable bonds is 6. The van der Waals surface area contributed by atoms with E-state index in [-0.39, 0.29) is 24.7 Å². The van der Waals surface area contributed by atoms with E-state index in [0.29, 0.717) is 19.0 Å². The Morgan fingerprint density at radius 2 is 1.93 bits per heavy atom. The zero-order valence-corrected chi connectivity index (χ0v) is 9.12. The normalized spacial score (nSPS) is 10.4. The van der Waals surface area contributed by atoms with Gasteiger partial charge in [-0.3, -0.25) is 9.59 Å². The first kappa shape index (κ1) is 13.1. The molecule has 0 aliphatic carbocycles. The Bertz CT molecular complexity index is 202. The Morgan fingerprint density at radius 1 is 1.36 bits per heavy atom. The summed E-state index contributed by atoms with van der Waals surface area (Å²) in [4.78, 5) is 23.7. The van der Waals surface area contributed by atoms with Crippen LogP contribution in [0.2, 0.25) is 0 Å². The van der Waals surface area contributed by atoms with Gasteiger partial charge in [-0.15, -0.1) is 0 Å². The molecule has 4 heteroatoms.